The van der Waals surface area contributed by atoms with E-state index >= 15 is 0 Å². The Morgan fingerprint density at radius 2 is 2.08 bits per heavy atom. The first kappa shape index (κ1) is 16.0. The molecule has 1 N–H and O–H groups in total. The summed E-state index contributed by atoms with van der Waals surface area (Å²) in [6.07, 6.45) is 3.45. The topological polar surface area (TPSA) is 88.9 Å². The predicted octanol–water partition coefficient (Wildman–Crippen LogP) is 1.31. The number of pyridine rings is 1. The number of H-pyrrole nitrogens is 1. The molecular formula is C16H20N6O2. The van der Waals surface area contributed by atoms with E-state index in [1.54, 1.807) is 24.0 Å². The lowest BCUT2D eigenvalue weighted by Crippen LogP contribution is -2.24. The molecule has 0 saturated carbocycles. The van der Waals surface area contributed by atoms with Crippen LogP contribution in [0.25, 0.3) is 11.0 Å². The number of methoxy groups -OCH3 is 1. The van der Waals surface area contributed by atoms with E-state index in [1.807, 2.05) is 25.9 Å². The summed E-state index contributed by atoms with van der Waals surface area (Å²) in [6.45, 7) is 4.04. The number of hydrogen-bond acceptors (Lipinski definition) is 6. The minimum Gasteiger partial charge on any atom is -0.491 e. The van der Waals surface area contributed by atoms with Gasteiger partial charge in [0.1, 0.15) is 11.6 Å². The first-order chi connectivity index (χ1) is 11.4. The van der Waals surface area contributed by atoms with Crippen LogP contribution in [0.3, 0.4) is 0 Å². The summed E-state index contributed by atoms with van der Waals surface area (Å²) in [7, 11) is 5.23. The molecule has 8 nitrogen and oxygen atoms in total. The highest BCUT2D eigenvalue weighted by Crippen LogP contribution is 2.23. The van der Waals surface area contributed by atoms with Gasteiger partial charge in [-0.05, 0) is 13.8 Å². The van der Waals surface area contributed by atoms with Gasteiger partial charge >= 0.3 is 0 Å². The van der Waals surface area contributed by atoms with E-state index < -0.39 is 0 Å². The molecule has 0 aliphatic heterocycles. The van der Waals surface area contributed by atoms with Crippen LogP contribution in [0.15, 0.2) is 17.2 Å². The van der Waals surface area contributed by atoms with Gasteiger partial charge in [0, 0.05) is 32.4 Å². The zero-order valence-electron chi connectivity index (χ0n) is 14.4. The van der Waals surface area contributed by atoms with Gasteiger partial charge in [-0.25, -0.2) is 9.97 Å². The quantitative estimate of drug-likeness (QED) is 0.777. The van der Waals surface area contributed by atoms with Crippen molar-refractivity contribution in [1.29, 1.82) is 0 Å². The average Bonchev–Trinajstić information content (AvgIpc) is 2.91. The largest absolute Gasteiger partial charge is 0.491 e. The van der Waals surface area contributed by atoms with Crippen LogP contribution in [0, 0.1) is 13.8 Å². The van der Waals surface area contributed by atoms with Crippen molar-refractivity contribution >= 4 is 16.9 Å². The maximum atomic E-state index is 12.5. The van der Waals surface area contributed by atoms with Gasteiger partial charge in [0.15, 0.2) is 11.4 Å². The molecule has 3 heterocycles. The number of aryl methyl sites for hydroxylation is 3. The molecule has 0 aliphatic rings. The van der Waals surface area contributed by atoms with Crippen LogP contribution in [0.5, 0.6) is 5.75 Å². The van der Waals surface area contributed by atoms with Crippen molar-refractivity contribution in [3.8, 4) is 5.75 Å². The van der Waals surface area contributed by atoms with Crippen molar-refractivity contribution in [3.63, 3.8) is 0 Å². The zero-order valence-corrected chi connectivity index (χ0v) is 14.4. The molecule has 0 spiro atoms. The predicted molar refractivity (Wildman–Crippen MR) is 91.5 cm³/mol. The van der Waals surface area contributed by atoms with Gasteiger partial charge in [-0.2, -0.15) is 5.10 Å². The third kappa shape index (κ3) is 2.60. The second-order valence-electron chi connectivity index (χ2n) is 5.76. The number of ether oxygens (including phenoxy) is 1. The monoisotopic (exact) mass is 328 g/mol. The molecule has 0 bridgehead atoms. The number of nitrogens with one attached hydrogen (secondary N) is 1. The number of nitrogens with zero attached hydrogens (tertiary/aromatic N) is 5. The van der Waals surface area contributed by atoms with Gasteiger partial charge in [-0.3, -0.25) is 9.48 Å². The first-order valence-corrected chi connectivity index (χ1v) is 7.55. The van der Waals surface area contributed by atoms with Crippen molar-refractivity contribution in [3.05, 3.63) is 39.7 Å². The van der Waals surface area contributed by atoms with Gasteiger partial charge in [-0.15, -0.1) is 0 Å². The Morgan fingerprint density at radius 3 is 2.79 bits per heavy atom. The van der Waals surface area contributed by atoms with E-state index in [-0.39, 0.29) is 5.43 Å². The molecule has 8 heteroatoms. The highest BCUT2D eigenvalue weighted by molar-refractivity contribution is 5.86. The summed E-state index contributed by atoms with van der Waals surface area (Å²) in [4.78, 5) is 26.4. The van der Waals surface area contributed by atoms with Gasteiger partial charge in [0.2, 0.25) is 5.43 Å². The molecule has 0 saturated heterocycles. The van der Waals surface area contributed by atoms with E-state index in [0.29, 0.717) is 29.4 Å². The summed E-state index contributed by atoms with van der Waals surface area (Å²) in [6, 6.07) is 0. The van der Waals surface area contributed by atoms with Gasteiger partial charge in [0.05, 0.1) is 24.4 Å². The number of hydrogen-bond donors (Lipinski definition) is 1. The molecule has 3 aromatic rings. The number of aromatic nitrogens is 5. The van der Waals surface area contributed by atoms with Crippen LogP contribution < -0.4 is 15.1 Å². The summed E-state index contributed by atoms with van der Waals surface area (Å²) >= 11 is 0. The third-order valence-electron chi connectivity index (χ3n) is 3.96. The zero-order chi connectivity index (χ0) is 17.4. The maximum Gasteiger partial charge on any atom is 0.228 e. The number of rotatable bonds is 4. The van der Waals surface area contributed by atoms with E-state index in [2.05, 4.69) is 20.1 Å². The summed E-state index contributed by atoms with van der Waals surface area (Å²) in [5, 5.41) is 5.09. The minimum atomic E-state index is -0.117. The van der Waals surface area contributed by atoms with Gasteiger partial charge < -0.3 is 14.6 Å². The fourth-order valence-electron chi connectivity index (χ4n) is 2.74. The van der Waals surface area contributed by atoms with E-state index in [9.17, 15) is 4.79 Å². The molecule has 0 unspecified atom stereocenters. The molecular weight excluding hydrogens is 308 g/mol. The lowest BCUT2D eigenvalue weighted by Gasteiger charge is -2.19. The third-order valence-corrected chi connectivity index (χ3v) is 3.96. The molecule has 0 aromatic carbocycles. The van der Waals surface area contributed by atoms with Gasteiger partial charge in [0.25, 0.3) is 0 Å². The minimum absolute atomic E-state index is 0.117. The molecule has 24 heavy (non-hydrogen) atoms. The Bertz CT molecular complexity index is 959. The molecule has 126 valence electrons. The van der Waals surface area contributed by atoms with E-state index in [4.69, 9.17) is 4.74 Å². The fraction of sp³-hybridized carbons (Fsp3) is 0.375. The summed E-state index contributed by atoms with van der Waals surface area (Å²) in [5.74, 6) is 1.74. The number of aromatic amines is 1. The highest BCUT2D eigenvalue weighted by Gasteiger charge is 2.16. The van der Waals surface area contributed by atoms with Crippen molar-refractivity contribution < 1.29 is 4.74 Å². The van der Waals surface area contributed by atoms with Crippen molar-refractivity contribution in [2.75, 3.05) is 19.1 Å². The van der Waals surface area contributed by atoms with Gasteiger partial charge in [-0.1, -0.05) is 0 Å². The van der Waals surface area contributed by atoms with Crippen LogP contribution in [0.2, 0.25) is 0 Å². The summed E-state index contributed by atoms with van der Waals surface area (Å²) in [5.41, 5.74) is 1.96. The Labute approximate surface area is 139 Å². The van der Waals surface area contributed by atoms with Crippen LogP contribution in [-0.2, 0) is 13.6 Å². The fourth-order valence-corrected chi connectivity index (χ4v) is 2.74. The average molecular weight is 328 g/mol. The molecule has 0 aliphatic carbocycles. The lowest BCUT2D eigenvalue weighted by molar-refractivity contribution is 0.404. The molecule has 0 radical (unpaired) electrons. The second-order valence-corrected chi connectivity index (χ2v) is 5.76. The Morgan fingerprint density at radius 1 is 1.33 bits per heavy atom. The molecule has 0 amide bonds. The molecule has 3 aromatic heterocycles. The lowest BCUT2D eigenvalue weighted by atomic mass is 10.2. The normalized spacial score (nSPS) is 11.0. The van der Waals surface area contributed by atoms with Crippen LogP contribution in [0.4, 0.5) is 5.82 Å². The highest BCUT2D eigenvalue weighted by atomic mass is 16.5. The maximum absolute atomic E-state index is 12.5. The first-order valence-electron chi connectivity index (χ1n) is 7.55. The number of fused-ring (bicyclic) bond motifs is 1. The van der Waals surface area contributed by atoms with Crippen molar-refractivity contribution in [2.24, 2.45) is 7.05 Å². The smallest absolute Gasteiger partial charge is 0.228 e. The van der Waals surface area contributed by atoms with Crippen molar-refractivity contribution in [2.45, 2.75) is 20.4 Å². The number of anilines is 1. The van der Waals surface area contributed by atoms with E-state index in [0.717, 1.165) is 16.9 Å². The molecule has 3 rings (SSSR count). The molecule has 0 fully saturated rings. The second kappa shape index (κ2) is 5.95. The Hall–Kier alpha value is -2.90. The Balaban J connectivity index is 2.02. The van der Waals surface area contributed by atoms with Crippen LogP contribution >= 0.6 is 0 Å². The van der Waals surface area contributed by atoms with Crippen molar-refractivity contribution in [1.82, 2.24) is 24.7 Å². The SMILES string of the molecule is COc1c(C)[nH]cc(CN(C)c2nc(C)nc3c2cnn3C)c1=O. The van der Waals surface area contributed by atoms with E-state index in [1.165, 1.54) is 7.11 Å². The summed E-state index contributed by atoms with van der Waals surface area (Å²) < 4.78 is 6.91. The van der Waals surface area contributed by atoms with Crippen LogP contribution in [0.1, 0.15) is 17.1 Å². The Kier molecular flexibility index (Phi) is 3.96. The van der Waals surface area contributed by atoms with Crippen LogP contribution in [-0.4, -0.2) is 38.9 Å². The standard InChI is InChI=1S/C16H20N6O2/c1-9-14(24-5)13(23)11(6-17-9)8-21(3)15-12-7-18-22(4)16(12)20-10(2)19-15/h6-7H,8H2,1-5H3,(H,17,23). The molecule has 0 atom stereocenters.